The van der Waals surface area contributed by atoms with E-state index in [0.29, 0.717) is 11.4 Å². The van der Waals surface area contributed by atoms with Crippen molar-refractivity contribution in [2.75, 3.05) is 25.5 Å². The van der Waals surface area contributed by atoms with Gasteiger partial charge in [0.15, 0.2) is 0 Å². The molecule has 0 aliphatic carbocycles. The molecule has 2 atom stereocenters. The molecule has 0 spiro atoms. The second-order valence-corrected chi connectivity index (χ2v) is 6.23. The number of pyridine rings is 1. The van der Waals surface area contributed by atoms with Crippen LogP contribution in [-0.4, -0.2) is 42.1 Å². The summed E-state index contributed by atoms with van der Waals surface area (Å²) in [5.74, 6) is -3.42. The smallest absolute Gasteiger partial charge is 0.324 e. The van der Waals surface area contributed by atoms with E-state index in [0.717, 1.165) is 5.56 Å². The van der Waals surface area contributed by atoms with E-state index in [1.807, 2.05) is 30.3 Å². The zero-order valence-electron chi connectivity index (χ0n) is 13.6. The van der Waals surface area contributed by atoms with Crippen molar-refractivity contribution in [1.82, 2.24) is 9.88 Å². The molecule has 1 fully saturated rings. The van der Waals surface area contributed by atoms with Crippen LogP contribution in [-0.2, 0) is 4.79 Å². The predicted molar refractivity (Wildman–Crippen MR) is 88.8 cm³/mol. The van der Waals surface area contributed by atoms with Crippen LogP contribution < -0.4 is 5.32 Å². The van der Waals surface area contributed by atoms with Gasteiger partial charge in [-0.3, -0.25) is 9.78 Å². The van der Waals surface area contributed by atoms with Crippen LogP contribution in [0.4, 0.5) is 18.9 Å². The summed E-state index contributed by atoms with van der Waals surface area (Å²) in [6, 6.07) is 12.5. The molecule has 1 aliphatic heterocycles. The Balaban J connectivity index is 1.85. The van der Waals surface area contributed by atoms with Crippen molar-refractivity contribution in [2.45, 2.75) is 6.18 Å². The summed E-state index contributed by atoms with van der Waals surface area (Å²) in [5.41, 5.74) is 1.73. The summed E-state index contributed by atoms with van der Waals surface area (Å²) >= 11 is 0. The summed E-state index contributed by atoms with van der Waals surface area (Å²) < 4.78 is 39.6. The van der Waals surface area contributed by atoms with E-state index in [4.69, 9.17) is 0 Å². The van der Waals surface area contributed by atoms with Gasteiger partial charge in [-0.15, -0.1) is 0 Å². The van der Waals surface area contributed by atoms with Crippen molar-refractivity contribution < 1.29 is 18.0 Å². The normalized spacial score (nSPS) is 21.3. The van der Waals surface area contributed by atoms with Gasteiger partial charge in [0.25, 0.3) is 0 Å². The standard InChI is InChI=1S/C18H18F3N3O/c1-24-10-13(14(11-24)18(19,20)21)17(25)23-15-8-5-9-22-16(15)12-6-3-2-4-7-12/h2-9,13-14H,10-11H2,1H3,(H,23,25)/t13-,14-/m1/s1. The van der Waals surface area contributed by atoms with Crippen molar-refractivity contribution in [2.24, 2.45) is 11.8 Å². The fourth-order valence-electron chi connectivity index (χ4n) is 3.16. The molecule has 0 bridgehead atoms. The minimum Gasteiger partial charge on any atom is -0.324 e. The molecule has 1 N–H and O–H groups in total. The lowest BCUT2D eigenvalue weighted by atomic mass is 9.94. The lowest BCUT2D eigenvalue weighted by Crippen LogP contribution is -2.36. The zero-order valence-corrected chi connectivity index (χ0v) is 13.6. The van der Waals surface area contributed by atoms with E-state index in [-0.39, 0.29) is 13.1 Å². The molecule has 0 radical (unpaired) electrons. The van der Waals surface area contributed by atoms with E-state index in [2.05, 4.69) is 10.3 Å². The number of rotatable bonds is 3. The molecule has 7 heteroatoms. The van der Waals surface area contributed by atoms with Crippen LogP contribution in [0.5, 0.6) is 0 Å². The first-order chi connectivity index (χ1) is 11.9. The Bertz CT molecular complexity index is 749. The van der Waals surface area contributed by atoms with Crippen LogP contribution in [0.1, 0.15) is 0 Å². The maximum Gasteiger partial charge on any atom is 0.393 e. The van der Waals surface area contributed by atoms with Gasteiger partial charge in [0, 0.05) is 24.8 Å². The first-order valence-electron chi connectivity index (χ1n) is 7.93. The number of aromatic nitrogens is 1. The summed E-state index contributed by atoms with van der Waals surface area (Å²) in [6.45, 7) is -0.0862. The van der Waals surface area contributed by atoms with Crippen molar-refractivity contribution in [1.29, 1.82) is 0 Å². The second-order valence-electron chi connectivity index (χ2n) is 6.23. The number of hydrogen-bond donors (Lipinski definition) is 1. The van der Waals surface area contributed by atoms with Crippen LogP contribution in [0.25, 0.3) is 11.3 Å². The number of amides is 1. The Labute approximate surface area is 143 Å². The van der Waals surface area contributed by atoms with E-state index >= 15 is 0 Å². The fourth-order valence-corrected chi connectivity index (χ4v) is 3.16. The average molecular weight is 349 g/mol. The first kappa shape index (κ1) is 17.4. The van der Waals surface area contributed by atoms with Gasteiger partial charge in [-0.1, -0.05) is 30.3 Å². The Kier molecular flexibility index (Phi) is 4.76. The van der Waals surface area contributed by atoms with Crippen LogP contribution in [0.15, 0.2) is 48.7 Å². The fraction of sp³-hybridized carbons (Fsp3) is 0.333. The van der Waals surface area contributed by atoms with Gasteiger partial charge in [0.05, 0.1) is 23.2 Å². The Morgan fingerprint density at radius 1 is 1.16 bits per heavy atom. The molecule has 4 nitrogen and oxygen atoms in total. The van der Waals surface area contributed by atoms with Crippen LogP contribution in [0.2, 0.25) is 0 Å². The lowest BCUT2D eigenvalue weighted by molar-refractivity contribution is -0.182. The minimum atomic E-state index is -4.40. The largest absolute Gasteiger partial charge is 0.393 e. The highest BCUT2D eigenvalue weighted by molar-refractivity contribution is 5.96. The molecular formula is C18H18F3N3O. The molecule has 0 unspecified atom stereocenters. The van der Waals surface area contributed by atoms with Gasteiger partial charge in [-0.25, -0.2) is 0 Å². The van der Waals surface area contributed by atoms with Crippen LogP contribution in [0.3, 0.4) is 0 Å². The lowest BCUT2D eigenvalue weighted by Gasteiger charge is -2.21. The number of carbonyl (C=O) groups excluding carboxylic acids is 1. The third kappa shape index (κ3) is 3.82. The molecule has 1 aliphatic rings. The Morgan fingerprint density at radius 3 is 2.56 bits per heavy atom. The quantitative estimate of drug-likeness (QED) is 0.923. The summed E-state index contributed by atoms with van der Waals surface area (Å²) in [6.07, 6.45) is -2.82. The number of benzene rings is 1. The molecule has 1 aromatic heterocycles. The molecular weight excluding hydrogens is 331 g/mol. The average Bonchev–Trinajstić information content (AvgIpc) is 2.99. The third-order valence-corrected chi connectivity index (χ3v) is 4.37. The Hall–Kier alpha value is -2.41. The molecule has 132 valence electrons. The maximum atomic E-state index is 13.2. The number of alkyl halides is 3. The summed E-state index contributed by atoms with van der Waals surface area (Å²) in [7, 11) is 1.59. The molecule has 1 amide bonds. The van der Waals surface area contributed by atoms with Crippen molar-refractivity contribution in [3.05, 3.63) is 48.7 Å². The number of nitrogens with one attached hydrogen (secondary N) is 1. The van der Waals surface area contributed by atoms with E-state index < -0.39 is 23.9 Å². The van der Waals surface area contributed by atoms with Gasteiger partial charge in [0.1, 0.15) is 0 Å². The highest BCUT2D eigenvalue weighted by Gasteiger charge is 2.51. The molecule has 2 aromatic rings. The molecule has 0 saturated carbocycles. The van der Waals surface area contributed by atoms with E-state index in [1.54, 1.807) is 25.4 Å². The third-order valence-electron chi connectivity index (χ3n) is 4.37. The minimum absolute atomic E-state index is 0.0803. The maximum absolute atomic E-state index is 13.2. The monoisotopic (exact) mass is 349 g/mol. The molecule has 3 rings (SSSR count). The first-order valence-corrected chi connectivity index (χ1v) is 7.93. The van der Waals surface area contributed by atoms with Gasteiger partial charge in [-0.2, -0.15) is 13.2 Å². The van der Waals surface area contributed by atoms with E-state index in [9.17, 15) is 18.0 Å². The predicted octanol–water partition coefficient (Wildman–Crippen LogP) is 3.43. The second kappa shape index (κ2) is 6.84. The summed E-state index contributed by atoms with van der Waals surface area (Å²) in [4.78, 5) is 18.3. The highest BCUT2D eigenvalue weighted by Crippen LogP contribution is 2.38. The van der Waals surface area contributed by atoms with Gasteiger partial charge < -0.3 is 10.2 Å². The molecule has 1 saturated heterocycles. The number of nitrogens with zero attached hydrogens (tertiary/aromatic N) is 2. The zero-order chi connectivity index (χ0) is 18.0. The van der Waals surface area contributed by atoms with E-state index in [1.165, 1.54) is 4.90 Å². The molecule has 1 aromatic carbocycles. The Morgan fingerprint density at radius 2 is 1.88 bits per heavy atom. The molecule has 2 heterocycles. The van der Waals surface area contributed by atoms with Crippen LogP contribution in [0, 0.1) is 11.8 Å². The topological polar surface area (TPSA) is 45.2 Å². The summed E-state index contributed by atoms with van der Waals surface area (Å²) in [5, 5.41) is 2.65. The van der Waals surface area contributed by atoms with Crippen molar-refractivity contribution >= 4 is 11.6 Å². The number of anilines is 1. The highest BCUT2D eigenvalue weighted by atomic mass is 19.4. The van der Waals surface area contributed by atoms with Crippen molar-refractivity contribution in [3.8, 4) is 11.3 Å². The number of halogens is 3. The van der Waals surface area contributed by atoms with Crippen LogP contribution >= 0.6 is 0 Å². The molecule has 25 heavy (non-hydrogen) atoms. The number of likely N-dealkylation sites (tertiary alicyclic amines) is 1. The number of hydrogen-bond acceptors (Lipinski definition) is 3. The number of carbonyl (C=O) groups is 1. The van der Waals surface area contributed by atoms with Gasteiger partial charge in [0.2, 0.25) is 5.91 Å². The SMILES string of the molecule is CN1C[C@@H](C(F)(F)F)[C@H](C(=O)Nc2cccnc2-c2ccccc2)C1. The van der Waals surface area contributed by atoms with Gasteiger partial charge >= 0.3 is 6.18 Å². The van der Waals surface area contributed by atoms with Crippen molar-refractivity contribution in [3.63, 3.8) is 0 Å². The van der Waals surface area contributed by atoms with Gasteiger partial charge in [-0.05, 0) is 19.2 Å².